The summed E-state index contributed by atoms with van der Waals surface area (Å²) in [5.41, 5.74) is 6.08. The van der Waals surface area contributed by atoms with Gasteiger partial charge in [0.1, 0.15) is 18.3 Å². The lowest BCUT2D eigenvalue weighted by atomic mass is 10.0. The summed E-state index contributed by atoms with van der Waals surface area (Å²) in [6.45, 7) is 0.344. The Morgan fingerprint density at radius 1 is 1.28 bits per heavy atom. The third-order valence-electron chi connectivity index (χ3n) is 4.23. The monoisotopic (exact) mass is 353 g/mol. The number of nitrogens with two attached hydrogens (primary N) is 1. The van der Waals surface area contributed by atoms with Crippen LogP contribution in [0.15, 0.2) is 18.2 Å². The normalized spacial score (nSPS) is 15.1. The van der Waals surface area contributed by atoms with Crippen molar-refractivity contribution in [3.63, 3.8) is 0 Å². The summed E-state index contributed by atoms with van der Waals surface area (Å²) in [6.07, 6.45) is 0.0609. The van der Waals surface area contributed by atoms with Crippen LogP contribution in [0, 0.1) is 11.6 Å². The van der Waals surface area contributed by atoms with Gasteiger partial charge in [0.2, 0.25) is 5.91 Å². The zero-order valence-electron chi connectivity index (χ0n) is 13.5. The molecular formula is C16H18F3N5O. The highest BCUT2D eigenvalue weighted by Gasteiger charge is 2.25. The first-order valence-corrected chi connectivity index (χ1v) is 7.92. The lowest BCUT2D eigenvalue weighted by Crippen LogP contribution is -2.41. The van der Waals surface area contributed by atoms with Crippen molar-refractivity contribution in [3.05, 3.63) is 47.0 Å². The molecule has 9 heteroatoms. The van der Waals surface area contributed by atoms with Crippen molar-refractivity contribution < 1.29 is 18.0 Å². The van der Waals surface area contributed by atoms with E-state index in [1.165, 1.54) is 0 Å². The van der Waals surface area contributed by atoms with Crippen molar-refractivity contribution in [2.45, 2.75) is 38.6 Å². The molecular weight excluding hydrogens is 335 g/mol. The lowest BCUT2D eigenvalue weighted by Gasteiger charge is -2.28. The van der Waals surface area contributed by atoms with E-state index in [0.717, 1.165) is 18.2 Å². The van der Waals surface area contributed by atoms with Crippen LogP contribution in [0.25, 0.3) is 0 Å². The van der Waals surface area contributed by atoms with Gasteiger partial charge in [-0.15, -0.1) is 10.2 Å². The van der Waals surface area contributed by atoms with Crippen LogP contribution in [0.3, 0.4) is 0 Å². The summed E-state index contributed by atoms with van der Waals surface area (Å²) in [5.74, 6) is -0.527. The van der Waals surface area contributed by atoms with E-state index < -0.39 is 24.4 Å². The van der Waals surface area contributed by atoms with Gasteiger partial charge < -0.3 is 15.2 Å². The molecule has 0 bridgehead atoms. The first-order chi connectivity index (χ1) is 12.0. The number of fused-ring (bicyclic) bond motifs is 1. The van der Waals surface area contributed by atoms with E-state index in [4.69, 9.17) is 5.73 Å². The van der Waals surface area contributed by atoms with Crippen LogP contribution >= 0.6 is 0 Å². The number of amides is 1. The number of halogens is 3. The molecule has 0 aliphatic carbocycles. The first-order valence-electron chi connectivity index (χ1n) is 7.92. The molecule has 2 aromatic rings. The van der Waals surface area contributed by atoms with E-state index in [1.807, 2.05) is 0 Å². The number of carbonyl (C=O) groups excluding carboxylic acids is 1. The van der Waals surface area contributed by atoms with E-state index in [2.05, 4.69) is 10.2 Å². The van der Waals surface area contributed by atoms with Gasteiger partial charge in [0, 0.05) is 25.6 Å². The van der Waals surface area contributed by atoms with Gasteiger partial charge in [-0.2, -0.15) is 0 Å². The number of nitrogens with zero attached hydrogens (tertiary/aromatic N) is 4. The van der Waals surface area contributed by atoms with E-state index in [1.54, 1.807) is 9.47 Å². The fraction of sp³-hybridized carbons (Fsp3) is 0.438. The summed E-state index contributed by atoms with van der Waals surface area (Å²) in [4.78, 5) is 13.9. The van der Waals surface area contributed by atoms with Crippen molar-refractivity contribution in [1.29, 1.82) is 0 Å². The zero-order valence-corrected chi connectivity index (χ0v) is 13.5. The first kappa shape index (κ1) is 17.4. The molecule has 134 valence electrons. The topological polar surface area (TPSA) is 77.0 Å². The zero-order chi connectivity index (χ0) is 18.0. The van der Waals surface area contributed by atoms with Crippen LogP contribution in [0.2, 0.25) is 0 Å². The van der Waals surface area contributed by atoms with Crippen molar-refractivity contribution in [2.24, 2.45) is 5.73 Å². The Labute approximate surface area is 142 Å². The predicted molar refractivity (Wildman–Crippen MR) is 82.9 cm³/mol. The average molecular weight is 353 g/mol. The van der Waals surface area contributed by atoms with Gasteiger partial charge in [0.15, 0.2) is 11.6 Å². The summed E-state index contributed by atoms with van der Waals surface area (Å²) >= 11 is 0. The maximum Gasteiger partial charge on any atom is 0.224 e. The molecule has 3 rings (SSSR count). The molecule has 0 spiro atoms. The molecule has 0 unspecified atom stereocenters. The Hall–Kier alpha value is -2.42. The number of carbonyl (C=O) groups is 1. The number of benzene rings is 1. The van der Waals surface area contributed by atoms with Gasteiger partial charge in [0.25, 0.3) is 0 Å². The Morgan fingerprint density at radius 3 is 2.84 bits per heavy atom. The molecule has 0 saturated carbocycles. The largest absolute Gasteiger partial charge is 0.333 e. The number of aromatic nitrogens is 3. The van der Waals surface area contributed by atoms with Crippen LogP contribution in [0.5, 0.6) is 0 Å². The van der Waals surface area contributed by atoms with Gasteiger partial charge in [-0.05, 0) is 30.2 Å². The highest BCUT2D eigenvalue weighted by molar-refractivity contribution is 5.76. The van der Waals surface area contributed by atoms with Crippen molar-refractivity contribution in [1.82, 2.24) is 19.7 Å². The molecule has 1 aromatic carbocycles. The third-order valence-corrected chi connectivity index (χ3v) is 4.23. The predicted octanol–water partition coefficient (Wildman–Crippen LogP) is 1.33. The number of hydrogen-bond donors (Lipinski definition) is 1. The lowest BCUT2D eigenvalue weighted by molar-refractivity contribution is -0.133. The Bertz CT molecular complexity index is 779. The second-order valence-electron chi connectivity index (χ2n) is 6.04. The smallest absolute Gasteiger partial charge is 0.224 e. The Kier molecular flexibility index (Phi) is 5.03. The molecule has 1 aliphatic rings. The fourth-order valence-corrected chi connectivity index (χ4v) is 2.94. The summed E-state index contributed by atoms with van der Waals surface area (Å²) in [7, 11) is 0. The molecule has 1 atom stereocenters. The Balaban J connectivity index is 1.59. The SMILES string of the molecule is N[C@@H](CC(=O)N1CCn2c(CF)nnc2C1)Cc1cc(F)ccc1F. The van der Waals surface area contributed by atoms with Crippen LogP contribution in [0.1, 0.15) is 23.6 Å². The maximum absolute atomic E-state index is 13.7. The van der Waals surface area contributed by atoms with E-state index in [9.17, 15) is 18.0 Å². The minimum absolute atomic E-state index is 0.0000583. The third kappa shape index (κ3) is 3.81. The molecule has 2 heterocycles. The van der Waals surface area contributed by atoms with E-state index in [-0.39, 0.29) is 36.7 Å². The van der Waals surface area contributed by atoms with Gasteiger partial charge >= 0.3 is 0 Å². The van der Waals surface area contributed by atoms with Crippen molar-refractivity contribution in [3.8, 4) is 0 Å². The van der Waals surface area contributed by atoms with Crippen LogP contribution in [-0.4, -0.2) is 38.2 Å². The van der Waals surface area contributed by atoms with Crippen molar-refractivity contribution in [2.75, 3.05) is 6.54 Å². The van der Waals surface area contributed by atoms with Gasteiger partial charge in [-0.25, -0.2) is 13.2 Å². The molecule has 0 radical (unpaired) electrons. The summed E-state index contributed by atoms with van der Waals surface area (Å²) in [6, 6.07) is 2.52. The van der Waals surface area contributed by atoms with Crippen molar-refractivity contribution >= 4 is 5.91 Å². The molecule has 2 N–H and O–H groups in total. The van der Waals surface area contributed by atoms with E-state index in [0.29, 0.717) is 18.9 Å². The molecule has 25 heavy (non-hydrogen) atoms. The molecule has 1 amide bonds. The van der Waals surface area contributed by atoms with Gasteiger partial charge in [-0.3, -0.25) is 4.79 Å². The highest BCUT2D eigenvalue weighted by Crippen LogP contribution is 2.16. The van der Waals surface area contributed by atoms with Gasteiger partial charge in [-0.1, -0.05) is 0 Å². The average Bonchev–Trinajstić information content (AvgIpc) is 3.00. The number of hydrogen-bond acceptors (Lipinski definition) is 4. The Morgan fingerprint density at radius 2 is 2.08 bits per heavy atom. The minimum Gasteiger partial charge on any atom is -0.333 e. The summed E-state index contributed by atoms with van der Waals surface area (Å²) in [5, 5.41) is 7.63. The molecule has 0 fully saturated rings. The molecule has 1 aliphatic heterocycles. The number of rotatable bonds is 5. The maximum atomic E-state index is 13.7. The second kappa shape index (κ2) is 7.22. The van der Waals surface area contributed by atoms with Gasteiger partial charge in [0.05, 0.1) is 6.54 Å². The van der Waals surface area contributed by atoms with Crippen LogP contribution < -0.4 is 5.73 Å². The summed E-state index contributed by atoms with van der Waals surface area (Å²) < 4.78 is 41.3. The quantitative estimate of drug-likeness (QED) is 0.880. The highest BCUT2D eigenvalue weighted by atomic mass is 19.1. The van der Waals surface area contributed by atoms with Crippen LogP contribution in [0.4, 0.5) is 13.2 Å². The molecule has 1 aromatic heterocycles. The standard InChI is InChI=1S/C16H18F3N5O/c17-8-14-21-22-15-9-23(3-4-24(14)15)16(25)7-12(20)6-10-5-11(18)1-2-13(10)19/h1-2,5,12H,3-4,6-9,20H2/t12-/m1/s1. The molecule has 6 nitrogen and oxygen atoms in total. The second-order valence-corrected chi connectivity index (χ2v) is 6.04. The van der Waals surface area contributed by atoms with E-state index >= 15 is 0 Å². The minimum atomic E-state index is -0.703. The molecule has 0 saturated heterocycles. The fourth-order valence-electron chi connectivity index (χ4n) is 2.94. The number of alkyl halides is 1. The van der Waals surface area contributed by atoms with Crippen LogP contribution in [-0.2, 0) is 31.0 Å².